The van der Waals surface area contributed by atoms with E-state index >= 15 is 0 Å². The first-order chi connectivity index (χ1) is 17.1. The molecule has 0 fully saturated rings. The Morgan fingerprint density at radius 1 is 0.800 bits per heavy atom. The van der Waals surface area contributed by atoms with Gasteiger partial charge in [0.1, 0.15) is 12.4 Å². The van der Waals surface area contributed by atoms with Gasteiger partial charge in [0.25, 0.3) is 0 Å². The number of hydrogen-bond acceptors (Lipinski definition) is 7. The van der Waals surface area contributed by atoms with Crippen LogP contribution in [0, 0.1) is 0 Å². The van der Waals surface area contributed by atoms with Gasteiger partial charge in [0.15, 0.2) is 11.5 Å². The first-order valence-electron chi connectivity index (χ1n) is 12.0. The van der Waals surface area contributed by atoms with E-state index in [4.69, 9.17) is 24.7 Å². The molecule has 3 aromatic rings. The van der Waals surface area contributed by atoms with Gasteiger partial charge < -0.3 is 35.3 Å². The summed E-state index contributed by atoms with van der Waals surface area (Å²) in [5, 5.41) is 6.77. The number of rotatable bonds is 12. The second-order valence-electron chi connectivity index (χ2n) is 7.43. The van der Waals surface area contributed by atoms with Gasteiger partial charge in [-0.3, -0.25) is 0 Å². The van der Waals surface area contributed by atoms with Crippen molar-refractivity contribution < 1.29 is 18.9 Å². The number of anilines is 3. The smallest absolute Gasteiger partial charge is 0.203 e. The van der Waals surface area contributed by atoms with Crippen molar-refractivity contribution in [2.75, 3.05) is 50.8 Å². The van der Waals surface area contributed by atoms with Crippen LogP contribution in [0.3, 0.4) is 0 Å². The Bertz CT molecular complexity index is 1030. The van der Waals surface area contributed by atoms with Gasteiger partial charge in [0, 0.05) is 18.8 Å². The van der Waals surface area contributed by atoms with E-state index in [1.807, 2.05) is 62.4 Å². The molecule has 3 rings (SSSR count). The Kier molecular flexibility index (Phi) is 11.4. The monoisotopic (exact) mass is 481 g/mol. The van der Waals surface area contributed by atoms with Gasteiger partial charge >= 0.3 is 0 Å². The lowest BCUT2D eigenvalue weighted by Crippen LogP contribution is -2.13. The maximum Gasteiger partial charge on any atom is 0.203 e. The van der Waals surface area contributed by atoms with Crippen LogP contribution in [0.15, 0.2) is 54.6 Å². The molecule has 0 aliphatic carbocycles. The first-order valence-corrected chi connectivity index (χ1v) is 12.0. The van der Waals surface area contributed by atoms with Crippen LogP contribution < -0.4 is 35.3 Å². The number of nitrogen functional groups attached to an aromatic ring is 1. The van der Waals surface area contributed by atoms with Crippen molar-refractivity contribution in [1.29, 1.82) is 0 Å². The summed E-state index contributed by atoms with van der Waals surface area (Å²) in [7, 11) is 4.83. The van der Waals surface area contributed by atoms with Crippen LogP contribution in [-0.4, -0.2) is 34.5 Å². The van der Waals surface area contributed by atoms with Crippen LogP contribution in [-0.2, 0) is 13.0 Å². The topological polar surface area (TPSA) is 87.0 Å². The van der Waals surface area contributed by atoms with Crippen LogP contribution >= 0.6 is 0 Å². The van der Waals surface area contributed by atoms with Crippen LogP contribution in [0.2, 0.25) is 0 Å². The number of para-hydroxylation sites is 2. The molecule has 0 saturated heterocycles. The Labute approximate surface area is 209 Å². The lowest BCUT2D eigenvalue weighted by molar-refractivity contribution is 0.324. The van der Waals surface area contributed by atoms with E-state index in [2.05, 4.69) is 23.6 Å². The molecule has 0 atom stereocenters. The van der Waals surface area contributed by atoms with E-state index in [-0.39, 0.29) is 0 Å². The minimum absolute atomic E-state index is 0.541. The number of benzene rings is 3. The summed E-state index contributed by atoms with van der Waals surface area (Å²) in [6.45, 7) is 7.94. The highest BCUT2D eigenvalue weighted by Crippen LogP contribution is 2.38. The number of ether oxygens (including phenoxy) is 4. The van der Waals surface area contributed by atoms with Crippen LogP contribution in [0.25, 0.3) is 0 Å². The summed E-state index contributed by atoms with van der Waals surface area (Å²) in [6.07, 6.45) is 0.869. The standard InChI is InChI=1S/C26H33N3O4.C2H6/c1-5-19-16-20(29-17-18-14-24(30-2)26(32-4)25(15-18)31-3)10-11-23(19)33-13-12-28-22-9-7-6-8-21(22)27;1-2/h6-11,14-16,28-29H,5,12-13,17,27H2,1-4H3;1-2H3. The van der Waals surface area contributed by atoms with Gasteiger partial charge in [-0.1, -0.05) is 32.9 Å². The number of nitrogens with two attached hydrogens (primary N) is 1. The predicted octanol–water partition coefficient (Wildman–Crippen LogP) is 5.99. The molecule has 0 bridgehead atoms. The molecular formula is C28H39N3O4. The van der Waals surface area contributed by atoms with E-state index in [0.717, 1.165) is 40.4 Å². The van der Waals surface area contributed by atoms with Gasteiger partial charge in [-0.05, 0) is 60.0 Å². The van der Waals surface area contributed by atoms with Gasteiger partial charge in [0.2, 0.25) is 5.75 Å². The molecule has 0 aromatic heterocycles. The second kappa shape index (κ2) is 14.5. The van der Waals surface area contributed by atoms with Crippen molar-refractivity contribution in [3.63, 3.8) is 0 Å². The van der Waals surface area contributed by atoms with E-state index in [1.54, 1.807) is 21.3 Å². The SMILES string of the molecule is CC.CCc1cc(NCc2cc(OC)c(OC)c(OC)c2)ccc1OCCNc1ccccc1N. The molecule has 0 amide bonds. The lowest BCUT2D eigenvalue weighted by atomic mass is 10.1. The van der Waals surface area contributed by atoms with Gasteiger partial charge in [-0.15, -0.1) is 0 Å². The van der Waals surface area contributed by atoms with Crippen molar-refractivity contribution in [1.82, 2.24) is 0 Å². The Hall–Kier alpha value is -3.74. The molecule has 0 aliphatic heterocycles. The molecule has 0 aliphatic rings. The highest BCUT2D eigenvalue weighted by atomic mass is 16.5. The molecule has 0 heterocycles. The Morgan fingerprint density at radius 2 is 1.49 bits per heavy atom. The quantitative estimate of drug-likeness (QED) is 0.216. The average Bonchev–Trinajstić information content (AvgIpc) is 2.91. The maximum atomic E-state index is 6.02. The minimum Gasteiger partial charge on any atom is -0.493 e. The van der Waals surface area contributed by atoms with Crippen LogP contribution in [0.5, 0.6) is 23.0 Å². The highest BCUT2D eigenvalue weighted by molar-refractivity contribution is 5.65. The highest BCUT2D eigenvalue weighted by Gasteiger charge is 2.13. The van der Waals surface area contributed by atoms with Crippen molar-refractivity contribution in [3.05, 3.63) is 65.7 Å². The summed E-state index contributed by atoms with van der Waals surface area (Å²) >= 11 is 0. The fraction of sp³-hybridized carbons (Fsp3) is 0.357. The van der Waals surface area contributed by atoms with Crippen molar-refractivity contribution >= 4 is 17.1 Å². The fourth-order valence-electron chi connectivity index (χ4n) is 3.55. The molecule has 0 spiro atoms. The number of hydrogen-bond donors (Lipinski definition) is 3. The van der Waals surface area contributed by atoms with Crippen molar-refractivity contribution in [2.24, 2.45) is 0 Å². The zero-order valence-electron chi connectivity index (χ0n) is 21.7. The van der Waals surface area contributed by atoms with E-state index in [9.17, 15) is 0 Å². The summed E-state index contributed by atoms with van der Waals surface area (Å²) in [5.74, 6) is 2.75. The van der Waals surface area contributed by atoms with Gasteiger partial charge in [-0.25, -0.2) is 0 Å². The molecule has 4 N–H and O–H groups in total. The molecule has 0 unspecified atom stereocenters. The van der Waals surface area contributed by atoms with Crippen LogP contribution in [0.4, 0.5) is 17.1 Å². The summed E-state index contributed by atoms with van der Waals surface area (Å²) in [5.41, 5.74) is 10.8. The summed E-state index contributed by atoms with van der Waals surface area (Å²) in [4.78, 5) is 0. The Morgan fingerprint density at radius 3 is 2.09 bits per heavy atom. The van der Waals surface area contributed by atoms with Gasteiger partial charge in [0.05, 0.1) is 32.7 Å². The number of aryl methyl sites for hydroxylation is 1. The van der Waals surface area contributed by atoms with Crippen molar-refractivity contribution in [2.45, 2.75) is 33.7 Å². The third kappa shape index (κ3) is 7.64. The predicted molar refractivity (Wildman–Crippen MR) is 145 cm³/mol. The average molecular weight is 482 g/mol. The van der Waals surface area contributed by atoms with Crippen molar-refractivity contribution in [3.8, 4) is 23.0 Å². The van der Waals surface area contributed by atoms with E-state index < -0.39 is 0 Å². The summed E-state index contributed by atoms with van der Waals surface area (Å²) in [6, 6.07) is 17.8. The largest absolute Gasteiger partial charge is 0.493 e. The number of nitrogens with one attached hydrogen (secondary N) is 2. The second-order valence-corrected chi connectivity index (χ2v) is 7.43. The Balaban J connectivity index is 0.00000210. The third-order valence-electron chi connectivity index (χ3n) is 5.30. The molecular weight excluding hydrogens is 442 g/mol. The molecule has 190 valence electrons. The zero-order chi connectivity index (χ0) is 25.6. The van der Waals surface area contributed by atoms with E-state index in [0.29, 0.717) is 36.9 Å². The van der Waals surface area contributed by atoms with E-state index in [1.165, 1.54) is 0 Å². The lowest BCUT2D eigenvalue weighted by Gasteiger charge is -2.16. The van der Waals surface area contributed by atoms with Crippen LogP contribution in [0.1, 0.15) is 31.9 Å². The molecule has 0 saturated carbocycles. The first kappa shape index (κ1) is 27.5. The normalized spacial score (nSPS) is 10.0. The maximum absolute atomic E-state index is 6.02. The minimum atomic E-state index is 0.541. The van der Waals surface area contributed by atoms with Gasteiger partial charge in [-0.2, -0.15) is 0 Å². The molecule has 7 heteroatoms. The molecule has 3 aromatic carbocycles. The molecule has 0 radical (unpaired) electrons. The fourth-order valence-corrected chi connectivity index (χ4v) is 3.55. The third-order valence-corrected chi connectivity index (χ3v) is 5.30. The number of methoxy groups -OCH3 is 3. The molecule has 7 nitrogen and oxygen atoms in total. The summed E-state index contributed by atoms with van der Waals surface area (Å²) < 4.78 is 22.3. The zero-order valence-corrected chi connectivity index (χ0v) is 21.7. The molecule has 35 heavy (non-hydrogen) atoms.